The lowest BCUT2D eigenvalue weighted by molar-refractivity contribution is -0.133. The Labute approximate surface area is 224 Å². The third-order valence-electron chi connectivity index (χ3n) is 7.19. The van der Waals surface area contributed by atoms with E-state index in [4.69, 9.17) is 0 Å². The van der Waals surface area contributed by atoms with Crippen molar-refractivity contribution in [1.29, 1.82) is 0 Å². The van der Waals surface area contributed by atoms with Gasteiger partial charge in [0, 0.05) is 68.9 Å². The summed E-state index contributed by atoms with van der Waals surface area (Å²) in [5, 5.41) is 3.58. The molecule has 2 aliphatic rings. The Morgan fingerprint density at radius 1 is 1.03 bits per heavy atom. The van der Waals surface area contributed by atoms with Crippen LogP contribution in [0.25, 0.3) is 0 Å². The van der Waals surface area contributed by atoms with Crippen molar-refractivity contribution in [2.75, 3.05) is 50.8 Å². The number of piperidine rings is 1. The van der Waals surface area contributed by atoms with Crippen molar-refractivity contribution >= 4 is 37.5 Å². The number of fused-ring (bicyclic) bond motifs is 1. The van der Waals surface area contributed by atoms with Crippen LogP contribution in [0.1, 0.15) is 36.8 Å². The van der Waals surface area contributed by atoms with Crippen LogP contribution in [0.3, 0.4) is 0 Å². The molecule has 4 rings (SSSR count). The Kier molecular flexibility index (Phi) is 9.44. The molecule has 2 aromatic carbocycles. The zero-order valence-electron chi connectivity index (χ0n) is 21.0. The number of benzene rings is 2. The van der Waals surface area contributed by atoms with Crippen molar-refractivity contribution in [2.45, 2.75) is 38.8 Å². The maximum atomic E-state index is 13.6. The summed E-state index contributed by atoms with van der Waals surface area (Å²) in [6.45, 7) is 5.75. The van der Waals surface area contributed by atoms with Gasteiger partial charge in [-0.3, -0.25) is 9.69 Å². The fraction of sp³-hybridized carbons (Fsp3) is 0.519. The van der Waals surface area contributed by atoms with E-state index in [0.717, 1.165) is 61.2 Å². The number of nitrogens with zero attached hydrogens (tertiary/aromatic N) is 3. The highest BCUT2D eigenvalue weighted by Gasteiger charge is 2.28. The molecule has 0 aromatic heterocycles. The second-order valence-electron chi connectivity index (χ2n) is 9.97. The fourth-order valence-corrected chi connectivity index (χ4v) is 6.37. The van der Waals surface area contributed by atoms with Crippen LogP contribution in [0.4, 0.5) is 5.69 Å². The van der Waals surface area contributed by atoms with E-state index in [-0.39, 0.29) is 11.8 Å². The first-order valence-corrected chi connectivity index (χ1v) is 15.4. The molecule has 0 atom stereocenters. The molecule has 2 aromatic rings. The van der Waals surface area contributed by atoms with E-state index >= 15 is 0 Å². The molecule has 2 aliphatic heterocycles. The zero-order chi connectivity index (χ0) is 25.5. The summed E-state index contributed by atoms with van der Waals surface area (Å²) < 4.78 is 26.3. The normalized spacial score (nSPS) is 19.2. The van der Waals surface area contributed by atoms with Crippen LogP contribution in [0, 0.1) is 5.92 Å². The largest absolute Gasteiger partial charge is 0.385 e. The van der Waals surface area contributed by atoms with Crippen molar-refractivity contribution in [3.05, 3.63) is 64.1 Å². The topological polar surface area (TPSA) is 73.0 Å². The number of nitrogens with one attached hydrogen (secondary N) is 1. The van der Waals surface area contributed by atoms with Crippen LogP contribution in [0.15, 0.2) is 53.0 Å². The maximum Gasteiger partial charge on any atom is 0.223 e. The van der Waals surface area contributed by atoms with Gasteiger partial charge in [0.25, 0.3) is 0 Å². The smallest absolute Gasteiger partial charge is 0.223 e. The summed E-state index contributed by atoms with van der Waals surface area (Å²) in [5.41, 5.74) is 3.47. The molecule has 0 bridgehead atoms. The lowest BCUT2D eigenvalue weighted by Crippen LogP contribution is -2.41. The standard InChI is InChI=1S/C27H37BrN4O3S/c1-36(34,35)32-14-10-22(11-15-32)18-27(33)31-17-16-30(20-23-6-3-2-4-7-23)13-5-12-29-26-9-8-25(28)19-24(26)21-31/h2-4,6-9,19,22,29H,5,10-18,20-21H2,1H3. The van der Waals surface area contributed by atoms with Gasteiger partial charge >= 0.3 is 0 Å². The van der Waals surface area contributed by atoms with Crippen molar-refractivity contribution in [3.63, 3.8) is 0 Å². The second-order valence-corrected chi connectivity index (χ2v) is 12.9. The van der Waals surface area contributed by atoms with Crippen LogP contribution in [-0.2, 0) is 27.9 Å². The summed E-state index contributed by atoms with van der Waals surface area (Å²) in [5.74, 6) is 0.367. The van der Waals surface area contributed by atoms with E-state index in [1.807, 2.05) is 17.0 Å². The molecule has 9 heteroatoms. The third-order valence-corrected chi connectivity index (χ3v) is 8.99. The van der Waals surface area contributed by atoms with Crippen LogP contribution >= 0.6 is 15.9 Å². The molecule has 36 heavy (non-hydrogen) atoms. The van der Waals surface area contributed by atoms with Gasteiger partial charge in [-0.05, 0) is 54.5 Å². The number of anilines is 1. The van der Waals surface area contributed by atoms with Crippen molar-refractivity contribution < 1.29 is 13.2 Å². The summed E-state index contributed by atoms with van der Waals surface area (Å²) in [6, 6.07) is 16.7. The lowest BCUT2D eigenvalue weighted by Gasteiger charge is -2.32. The Balaban J connectivity index is 1.47. The minimum absolute atomic E-state index is 0.151. The van der Waals surface area contributed by atoms with Crippen LogP contribution in [0.2, 0.25) is 0 Å². The average Bonchev–Trinajstić information content (AvgIpc) is 2.88. The first kappa shape index (κ1) is 27.1. The van der Waals surface area contributed by atoms with E-state index in [1.165, 1.54) is 16.1 Å². The number of hydrogen-bond donors (Lipinski definition) is 1. The number of amides is 1. The van der Waals surface area contributed by atoms with Crippen molar-refractivity contribution in [1.82, 2.24) is 14.1 Å². The van der Waals surface area contributed by atoms with Gasteiger partial charge in [-0.1, -0.05) is 46.3 Å². The van der Waals surface area contributed by atoms with E-state index in [0.29, 0.717) is 32.6 Å². The molecule has 0 aliphatic carbocycles. The molecule has 0 radical (unpaired) electrons. The Morgan fingerprint density at radius 3 is 2.50 bits per heavy atom. The minimum atomic E-state index is -3.17. The number of halogens is 1. The van der Waals surface area contributed by atoms with Gasteiger partial charge < -0.3 is 10.2 Å². The molecule has 1 saturated heterocycles. The molecule has 1 N–H and O–H groups in total. The van der Waals surface area contributed by atoms with E-state index in [9.17, 15) is 13.2 Å². The van der Waals surface area contributed by atoms with Gasteiger partial charge in [0.1, 0.15) is 0 Å². The van der Waals surface area contributed by atoms with Gasteiger partial charge in [0.15, 0.2) is 0 Å². The Hall–Kier alpha value is -1.94. The van der Waals surface area contributed by atoms with E-state index < -0.39 is 10.0 Å². The molecular weight excluding hydrogens is 540 g/mol. The van der Waals surface area contributed by atoms with Crippen LogP contribution in [0.5, 0.6) is 0 Å². The summed E-state index contributed by atoms with van der Waals surface area (Å²) >= 11 is 3.60. The minimum Gasteiger partial charge on any atom is -0.385 e. The van der Waals surface area contributed by atoms with Crippen LogP contribution < -0.4 is 5.32 Å². The first-order chi connectivity index (χ1) is 17.3. The summed E-state index contributed by atoms with van der Waals surface area (Å²) in [6.07, 6.45) is 4.22. The molecule has 0 saturated carbocycles. The van der Waals surface area contributed by atoms with Crippen molar-refractivity contribution in [2.24, 2.45) is 5.92 Å². The Bertz CT molecular complexity index is 1120. The molecule has 196 valence electrons. The van der Waals surface area contributed by atoms with Gasteiger partial charge in [-0.2, -0.15) is 0 Å². The van der Waals surface area contributed by atoms with Gasteiger partial charge in [0.05, 0.1) is 6.26 Å². The number of hydrogen-bond acceptors (Lipinski definition) is 5. The van der Waals surface area contributed by atoms with Crippen molar-refractivity contribution in [3.8, 4) is 0 Å². The molecule has 2 heterocycles. The predicted octanol–water partition coefficient (Wildman–Crippen LogP) is 4.16. The molecular formula is C27H37BrN4O3S. The highest BCUT2D eigenvalue weighted by molar-refractivity contribution is 9.10. The molecule has 1 fully saturated rings. The van der Waals surface area contributed by atoms with E-state index in [1.54, 1.807) is 0 Å². The first-order valence-electron chi connectivity index (χ1n) is 12.8. The highest BCUT2D eigenvalue weighted by Crippen LogP contribution is 2.26. The molecule has 7 nitrogen and oxygen atoms in total. The summed E-state index contributed by atoms with van der Waals surface area (Å²) in [7, 11) is -3.17. The van der Waals surface area contributed by atoms with Crippen LogP contribution in [-0.4, -0.2) is 74.0 Å². The van der Waals surface area contributed by atoms with E-state index in [2.05, 4.69) is 62.5 Å². The quantitative estimate of drug-likeness (QED) is 0.578. The number of rotatable bonds is 5. The van der Waals surface area contributed by atoms with Gasteiger partial charge in [-0.15, -0.1) is 0 Å². The predicted molar refractivity (Wildman–Crippen MR) is 148 cm³/mol. The number of carbonyl (C=O) groups is 1. The lowest BCUT2D eigenvalue weighted by atomic mass is 9.94. The zero-order valence-corrected chi connectivity index (χ0v) is 23.4. The molecule has 1 amide bonds. The third kappa shape index (κ3) is 7.78. The Morgan fingerprint density at radius 2 is 1.78 bits per heavy atom. The second kappa shape index (κ2) is 12.5. The molecule has 0 unspecified atom stereocenters. The SMILES string of the molecule is CS(=O)(=O)N1CCC(CC(=O)N2CCN(Cc3ccccc3)CCCNc3ccc(Br)cc3C2)CC1. The maximum absolute atomic E-state index is 13.6. The van der Waals surface area contributed by atoms with Gasteiger partial charge in [0.2, 0.25) is 15.9 Å². The molecule has 0 spiro atoms. The fourth-order valence-electron chi connectivity index (χ4n) is 5.08. The van der Waals surface area contributed by atoms with Gasteiger partial charge in [-0.25, -0.2) is 12.7 Å². The monoisotopic (exact) mass is 576 g/mol. The summed E-state index contributed by atoms with van der Waals surface area (Å²) in [4.78, 5) is 18.0. The highest BCUT2D eigenvalue weighted by atomic mass is 79.9. The average molecular weight is 578 g/mol. The number of sulfonamides is 1. The number of carbonyl (C=O) groups excluding carboxylic acids is 1.